The highest BCUT2D eigenvalue weighted by atomic mass is 35.5. The maximum Gasteiger partial charge on any atom is 0.261 e. The monoisotopic (exact) mass is 468 g/mol. The van der Waals surface area contributed by atoms with Gasteiger partial charge >= 0.3 is 0 Å². The number of ether oxygens (including phenoxy) is 4. The number of carbonyl (C=O) groups excluding carboxylic acids is 1. The van der Waals surface area contributed by atoms with Gasteiger partial charge in [-0.1, -0.05) is 61.7 Å². The van der Waals surface area contributed by atoms with Crippen LogP contribution in [0.1, 0.15) is 38.7 Å². The van der Waals surface area contributed by atoms with Crippen LogP contribution >= 0.6 is 23.5 Å². The summed E-state index contributed by atoms with van der Waals surface area (Å²) < 4.78 is 29.1. The van der Waals surface area contributed by atoms with Crippen molar-refractivity contribution in [1.29, 1.82) is 0 Å². The second-order valence-corrected chi connectivity index (χ2v) is 8.53. The first-order chi connectivity index (χ1) is 15.0. The van der Waals surface area contributed by atoms with E-state index in [0.29, 0.717) is 11.4 Å². The third-order valence-corrected chi connectivity index (χ3v) is 6.63. The summed E-state index contributed by atoms with van der Waals surface area (Å²) in [4.78, 5) is 12.5. The lowest BCUT2D eigenvalue weighted by atomic mass is 9.97. The molecule has 0 spiro atoms. The number of hydrogen-bond acceptors (Lipinski definition) is 6. The number of carbonyl (C=O) groups is 1. The van der Waals surface area contributed by atoms with Gasteiger partial charge in [0.05, 0.1) is 18.5 Å². The molecule has 5 atom stereocenters. The van der Waals surface area contributed by atoms with E-state index in [1.54, 1.807) is 0 Å². The topological polar surface area (TPSA) is 63.2 Å². The van der Waals surface area contributed by atoms with Crippen molar-refractivity contribution >= 4 is 40.0 Å². The Morgan fingerprint density at radius 1 is 1.29 bits per heavy atom. The summed E-state index contributed by atoms with van der Waals surface area (Å²) in [5.74, 6) is -1.80. The van der Waals surface area contributed by atoms with E-state index >= 15 is 0 Å². The van der Waals surface area contributed by atoms with Gasteiger partial charge in [0.15, 0.2) is 18.7 Å². The van der Waals surface area contributed by atoms with Crippen molar-refractivity contribution in [3.05, 3.63) is 47.0 Å². The van der Waals surface area contributed by atoms with Gasteiger partial charge in [-0.05, 0) is 23.3 Å². The minimum atomic E-state index is -1.52. The molecule has 2 saturated heterocycles. The predicted octanol–water partition coefficient (Wildman–Crippen LogP) is 5.16. The molecule has 0 aliphatic carbocycles. The number of benzene rings is 2. The maximum absolute atomic E-state index is 12.5. The van der Waals surface area contributed by atoms with Crippen LogP contribution in [0.4, 0.5) is 0 Å². The first kappa shape index (κ1) is 22.9. The third kappa shape index (κ3) is 4.23. The minimum Gasteiger partial charge on any atom is -0.368 e. The zero-order valence-electron chi connectivity index (χ0n) is 17.5. The maximum atomic E-state index is 12.5. The number of Topliss-reactive ketones (excluding diaryl/α,β-unsaturated/α-hetero) is 1. The highest BCUT2D eigenvalue weighted by Gasteiger charge is 2.65. The van der Waals surface area contributed by atoms with E-state index in [2.05, 4.69) is 6.92 Å². The molecule has 2 aliphatic heterocycles. The van der Waals surface area contributed by atoms with Crippen LogP contribution < -0.4 is 0 Å². The van der Waals surface area contributed by atoms with Crippen LogP contribution in [0, 0.1) is 0 Å². The van der Waals surface area contributed by atoms with Gasteiger partial charge in [0.2, 0.25) is 0 Å². The normalized spacial score (nSPS) is 28.7. The van der Waals surface area contributed by atoms with Crippen LogP contribution in [0.2, 0.25) is 5.02 Å². The molecule has 2 heterocycles. The predicted molar refractivity (Wildman–Crippen MR) is 117 cm³/mol. The van der Waals surface area contributed by atoms with E-state index in [4.69, 9.17) is 46.7 Å². The molecule has 0 aromatic heterocycles. The van der Waals surface area contributed by atoms with E-state index in [-0.39, 0.29) is 19.2 Å². The van der Waals surface area contributed by atoms with Crippen LogP contribution in [-0.4, -0.2) is 42.8 Å². The number of rotatable bonds is 9. The largest absolute Gasteiger partial charge is 0.368 e. The van der Waals surface area contributed by atoms with Gasteiger partial charge in [-0.25, -0.2) is 0 Å². The van der Waals surface area contributed by atoms with Crippen LogP contribution in [0.25, 0.3) is 10.8 Å². The molecule has 31 heavy (non-hydrogen) atoms. The van der Waals surface area contributed by atoms with Gasteiger partial charge in [-0.2, -0.15) is 0 Å². The Morgan fingerprint density at radius 2 is 2.10 bits per heavy atom. The molecule has 0 saturated carbocycles. The summed E-state index contributed by atoms with van der Waals surface area (Å²) in [6.07, 6.45) is 0.0469. The Kier molecular flexibility index (Phi) is 7.18. The molecular formula is C23H26Cl2O6. The van der Waals surface area contributed by atoms with Gasteiger partial charge < -0.3 is 18.9 Å². The fourth-order valence-electron chi connectivity index (χ4n) is 4.40. The molecule has 6 nitrogen and oxygen atoms in total. The Balaban J connectivity index is 1.64. The standard InChI is InChI=1S/C23H26Cl2O6/c1-3-4-9-19(31-25)20-21(22-23(30-20,14(2)26)29-13-28-22)27-12-17-16-8-6-5-7-15(16)10-11-18(17)24/h5-8,10-11,19-22H,3-4,9,12-13H2,1-2H3/t19-,20+,21-,22+,23-/m0/s1. The average molecular weight is 469 g/mol. The molecule has 2 aromatic rings. The number of fused-ring (bicyclic) bond motifs is 2. The van der Waals surface area contributed by atoms with Crippen molar-refractivity contribution in [3.8, 4) is 0 Å². The zero-order valence-corrected chi connectivity index (χ0v) is 19.0. The van der Waals surface area contributed by atoms with Gasteiger partial charge in [0, 0.05) is 17.5 Å². The number of unbranched alkanes of at least 4 members (excludes halogenated alkanes) is 1. The molecule has 4 rings (SSSR count). The van der Waals surface area contributed by atoms with E-state index in [0.717, 1.165) is 29.2 Å². The van der Waals surface area contributed by atoms with Crippen molar-refractivity contribution in [2.45, 2.75) is 69.9 Å². The molecular weight excluding hydrogens is 443 g/mol. The van der Waals surface area contributed by atoms with Crippen LogP contribution in [-0.2, 0) is 34.6 Å². The highest BCUT2D eigenvalue weighted by molar-refractivity contribution is 6.32. The van der Waals surface area contributed by atoms with Crippen molar-refractivity contribution in [2.75, 3.05) is 6.79 Å². The summed E-state index contributed by atoms with van der Waals surface area (Å²) in [6, 6.07) is 11.8. The van der Waals surface area contributed by atoms with Crippen LogP contribution in [0.3, 0.4) is 0 Å². The number of ketones is 1. The first-order valence-electron chi connectivity index (χ1n) is 10.5. The fraction of sp³-hybridized carbons (Fsp3) is 0.522. The van der Waals surface area contributed by atoms with E-state index in [1.165, 1.54) is 6.92 Å². The molecule has 0 bridgehead atoms. The van der Waals surface area contributed by atoms with Crippen molar-refractivity contribution in [3.63, 3.8) is 0 Å². The lowest BCUT2D eigenvalue weighted by Crippen LogP contribution is -2.47. The van der Waals surface area contributed by atoms with E-state index < -0.39 is 30.2 Å². The molecule has 0 amide bonds. The average Bonchev–Trinajstić information content (AvgIpc) is 3.32. The van der Waals surface area contributed by atoms with Crippen LogP contribution in [0.5, 0.6) is 0 Å². The van der Waals surface area contributed by atoms with E-state index in [9.17, 15) is 4.79 Å². The molecule has 168 valence electrons. The summed E-state index contributed by atoms with van der Waals surface area (Å²) >= 11 is 12.3. The SMILES string of the molecule is CCCC[C@H](OCl)[C@H]1O[C@]2(C(C)=O)OCO[C@@H]2[C@H]1OCc1c(Cl)ccc2ccccc12. The fourth-order valence-corrected chi connectivity index (χ4v) is 4.81. The Bertz CT molecular complexity index is 937. The van der Waals surface area contributed by atoms with Crippen molar-refractivity contribution < 1.29 is 28.0 Å². The number of hydrogen-bond donors (Lipinski definition) is 0. The Hall–Kier alpha value is -1.25. The second kappa shape index (κ2) is 9.71. The van der Waals surface area contributed by atoms with Crippen molar-refractivity contribution in [1.82, 2.24) is 0 Å². The molecule has 2 aromatic carbocycles. The summed E-state index contributed by atoms with van der Waals surface area (Å²) in [5, 5.41) is 2.67. The van der Waals surface area contributed by atoms with Gasteiger partial charge in [-0.3, -0.25) is 9.08 Å². The lowest BCUT2D eigenvalue weighted by Gasteiger charge is -2.27. The van der Waals surface area contributed by atoms with Crippen molar-refractivity contribution in [2.24, 2.45) is 0 Å². The second-order valence-electron chi connectivity index (χ2n) is 7.95. The molecule has 8 heteroatoms. The molecule has 2 aliphatic rings. The molecule has 2 fully saturated rings. The molecule has 0 unspecified atom stereocenters. The van der Waals surface area contributed by atoms with Gasteiger partial charge in [0.1, 0.15) is 18.3 Å². The molecule has 0 radical (unpaired) electrons. The smallest absolute Gasteiger partial charge is 0.261 e. The van der Waals surface area contributed by atoms with E-state index in [1.807, 2.05) is 36.4 Å². The summed E-state index contributed by atoms with van der Waals surface area (Å²) in [7, 11) is 0. The minimum absolute atomic E-state index is 0.0484. The third-order valence-electron chi connectivity index (χ3n) is 6.05. The lowest BCUT2D eigenvalue weighted by molar-refractivity contribution is -0.217. The zero-order chi connectivity index (χ0) is 22.0. The highest BCUT2D eigenvalue weighted by Crippen LogP contribution is 2.44. The van der Waals surface area contributed by atoms with Gasteiger partial charge in [-0.15, -0.1) is 0 Å². The number of halogens is 2. The summed E-state index contributed by atoms with van der Waals surface area (Å²) in [6.45, 7) is 3.66. The molecule has 0 N–H and O–H groups in total. The van der Waals surface area contributed by atoms with Gasteiger partial charge in [0.25, 0.3) is 5.79 Å². The first-order valence-corrected chi connectivity index (χ1v) is 11.2. The summed E-state index contributed by atoms with van der Waals surface area (Å²) in [5.41, 5.74) is 0.856. The quantitative estimate of drug-likeness (QED) is 0.505. The Morgan fingerprint density at radius 3 is 2.84 bits per heavy atom. The van der Waals surface area contributed by atoms with Crippen LogP contribution in [0.15, 0.2) is 36.4 Å². The Labute approximate surface area is 191 Å².